The highest BCUT2D eigenvalue weighted by Gasteiger charge is 2.20. The van der Waals surface area contributed by atoms with Gasteiger partial charge in [0.25, 0.3) is 0 Å². The number of nitrogens with one attached hydrogen (secondary N) is 1. The molecule has 19 heavy (non-hydrogen) atoms. The van der Waals surface area contributed by atoms with Gasteiger partial charge in [0, 0.05) is 18.2 Å². The van der Waals surface area contributed by atoms with Crippen molar-refractivity contribution in [2.45, 2.75) is 58.0 Å². The van der Waals surface area contributed by atoms with Crippen LogP contribution in [-0.4, -0.2) is 17.1 Å². The molecule has 0 spiro atoms. The number of carbonyl (C=O) groups is 1. The number of aromatic carboxylic acids is 1. The molecule has 2 N–H and O–H groups in total. The number of carboxylic acids is 1. The molecule has 0 unspecified atom stereocenters. The SMILES string of the molecule is C[C@@H](NCc1ccoc1C(=O)O)C1CCCCCC1. The summed E-state index contributed by atoms with van der Waals surface area (Å²) in [6.45, 7) is 2.77. The molecule has 1 aromatic rings. The molecule has 1 fully saturated rings. The number of carboxylic acid groups (broad SMARTS) is 1. The summed E-state index contributed by atoms with van der Waals surface area (Å²) in [5, 5.41) is 12.4. The normalized spacial score (nSPS) is 19.0. The summed E-state index contributed by atoms with van der Waals surface area (Å²) in [6, 6.07) is 2.16. The quantitative estimate of drug-likeness (QED) is 0.801. The number of hydrogen-bond donors (Lipinski definition) is 2. The van der Waals surface area contributed by atoms with E-state index >= 15 is 0 Å². The fraction of sp³-hybridized carbons (Fsp3) is 0.667. The van der Waals surface area contributed by atoms with Gasteiger partial charge in [-0.2, -0.15) is 0 Å². The number of hydrogen-bond acceptors (Lipinski definition) is 3. The van der Waals surface area contributed by atoms with E-state index in [0.29, 0.717) is 18.5 Å². The molecule has 0 saturated heterocycles. The molecule has 4 nitrogen and oxygen atoms in total. The van der Waals surface area contributed by atoms with E-state index in [4.69, 9.17) is 9.52 Å². The Labute approximate surface area is 114 Å². The van der Waals surface area contributed by atoms with Crippen molar-refractivity contribution in [3.8, 4) is 0 Å². The molecular formula is C15H23NO3. The van der Waals surface area contributed by atoms with Crippen LogP contribution < -0.4 is 5.32 Å². The van der Waals surface area contributed by atoms with Gasteiger partial charge in [0.15, 0.2) is 0 Å². The second kappa shape index (κ2) is 6.75. The van der Waals surface area contributed by atoms with E-state index < -0.39 is 5.97 Å². The average molecular weight is 265 g/mol. The van der Waals surface area contributed by atoms with Crippen molar-refractivity contribution in [2.24, 2.45) is 5.92 Å². The molecule has 2 rings (SSSR count). The van der Waals surface area contributed by atoms with Crippen LogP contribution >= 0.6 is 0 Å². The smallest absolute Gasteiger partial charge is 0.372 e. The van der Waals surface area contributed by atoms with Crippen LogP contribution in [0.25, 0.3) is 0 Å². The minimum absolute atomic E-state index is 0.0561. The van der Waals surface area contributed by atoms with E-state index in [-0.39, 0.29) is 5.76 Å². The van der Waals surface area contributed by atoms with Gasteiger partial charge < -0.3 is 14.8 Å². The van der Waals surface area contributed by atoms with E-state index in [9.17, 15) is 4.79 Å². The standard InChI is InChI=1S/C15H23NO3/c1-11(12-6-4-2-3-5-7-12)16-10-13-8-9-19-14(13)15(17)18/h8-9,11-12,16H,2-7,10H2,1H3,(H,17,18)/t11-/m1/s1. The maximum Gasteiger partial charge on any atom is 0.372 e. The Morgan fingerprint density at radius 3 is 2.74 bits per heavy atom. The minimum Gasteiger partial charge on any atom is -0.475 e. The third kappa shape index (κ3) is 3.83. The Hall–Kier alpha value is -1.29. The zero-order valence-electron chi connectivity index (χ0n) is 11.5. The maximum absolute atomic E-state index is 11.0. The lowest BCUT2D eigenvalue weighted by Crippen LogP contribution is -2.33. The summed E-state index contributed by atoms with van der Waals surface area (Å²) >= 11 is 0. The van der Waals surface area contributed by atoms with Crippen LogP contribution in [0.2, 0.25) is 0 Å². The zero-order chi connectivity index (χ0) is 13.7. The summed E-state index contributed by atoms with van der Waals surface area (Å²) in [4.78, 5) is 11.0. The zero-order valence-corrected chi connectivity index (χ0v) is 11.5. The van der Waals surface area contributed by atoms with Gasteiger partial charge in [-0.3, -0.25) is 0 Å². The molecule has 1 aliphatic carbocycles. The van der Waals surface area contributed by atoms with Crippen molar-refractivity contribution in [3.05, 3.63) is 23.7 Å². The van der Waals surface area contributed by atoms with Crippen LogP contribution in [0, 0.1) is 5.92 Å². The molecule has 1 atom stereocenters. The Kier molecular flexibility index (Phi) is 5.02. The van der Waals surface area contributed by atoms with Crippen molar-refractivity contribution in [2.75, 3.05) is 0 Å². The van der Waals surface area contributed by atoms with Crippen LogP contribution in [-0.2, 0) is 6.54 Å². The molecule has 1 aromatic heterocycles. The van der Waals surface area contributed by atoms with Crippen molar-refractivity contribution in [1.82, 2.24) is 5.32 Å². The summed E-state index contributed by atoms with van der Waals surface area (Å²) in [6.07, 6.45) is 9.36. The Morgan fingerprint density at radius 2 is 2.11 bits per heavy atom. The summed E-state index contributed by atoms with van der Waals surface area (Å²) in [5.41, 5.74) is 0.730. The first-order chi connectivity index (χ1) is 9.18. The highest BCUT2D eigenvalue weighted by atomic mass is 16.4. The van der Waals surface area contributed by atoms with E-state index in [1.54, 1.807) is 6.07 Å². The van der Waals surface area contributed by atoms with E-state index in [2.05, 4.69) is 12.2 Å². The van der Waals surface area contributed by atoms with Gasteiger partial charge in [-0.25, -0.2) is 4.79 Å². The maximum atomic E-state index is 11.0. The molecule has 1 saturated carbocycles. The fourth-order valence-electron chi connectivity index (χ4n) is 2.91. The van der Waals surface area contributed by atoms with Gasteiger partial charge in [-0.05, 0) is 31.7 Å². The van der Waals surface area contributed by atoms with Gasteiger partial charge in [0.05, 0.1) is 6.26 Å². The first-order valence-corrected chi connectivity index (χ1v) is 7.21. The lowest BCUT2D eigenvalue weighted by atomic mass is 9.93. The predicted octanol–water partition coefficient (Wildman–Crippen LogP) is 3.43. The third-order valence-electron chi connectivity index (χ3n) is 4.16. The number of rotatable bonds is 5. The van der Waals surface area contributed by atoms with Crippen LogP contribution in [0.3, 0.4) is 0 Å². The van der Waals surface area contributed by atoms with E-state index in [1.807, 2.05) is 0 Å². The van der Waals surface area contributed by atoms with Crippen LogP contribution in [0.5, 0.6) is 0 Å². The molecule has 0 aliphatic heterocycles. The van der Waals surface area contributed by atoms with Gasteiger partial charge in [-0.15, -0.1) is 0 Å². The van der Waals surface area contributed by atoms with Crippen molar-refractivity contribution in [3.63, 3.8) is 0 Å². The molecule has 0 bridgehead atoms. The number of furan rings is 1. The van der Waals surface area contributed by atoms with Gasteiger partial charge >= 0.3 is 5.97 Å². The summed E-state index contributed by atoms with van der Waals surface area (Å²) < 4.78 is 4.98. The van der Waals surface area contributed by atoms with E-state index in [1.165, 1.54) is 44.8 Å². The van der Waals surface area contributed by atoms with Gasteiger partial charge in [-0.1, -0.05) is 25.7 Å². The van der Waals surface area contributed by atoms with Gasteiger partial charge in [0.1, 0.15) is 0 Å². The molecular weight excluding hydrogens is 242 g/mol. The lowest BCUT2D eigenvalue weighted by molar-refractivity contribution is 0.0660. The topological polar surface area (TPSA) is 62.5 Å². The molecule has 0 radical (unpaired) electrons. The third-order valence-corrected chi connectivity index (χ3v) is 4.16. The Morgan fingerprint density at radius 1 is 1.42 bits per heavy atom. The molecule has 0 amide bonds. The molecule has 1 aliphatic rings. The average Bonchev–Trinajstić information content (AvgIpc) is 2.69. The first-order valence-electron chi connectivity index (χ1n) is 7.21. The summed E-state index contributed by atoms with van der Waals surface area (Å²) in [7, 11) is 0. The Balaban J connectivity index is 1.86. The van der Waals surface area contributed by atoms with Crippen LogP contribution in [0.1, 0.15) is 61.6 Å². The first kappa shape index (κ1) is 14.1. The second-order valence-corrected chi connectivity index (χ2v) is 5.50. The fourth-order valence-corrected chi connectivity index (χ4v) is 2.91. The van der Waals surface area contributed by atoms with Gasteiger partial charge in [0.2, 0.25) is 5.76 Å². The monoisotopic (exact) mass is 265 g/mol. The largest absolute Gasteiger partial charge is 0.475 e. The summed E-state index contributed by atoms with van der Waals surface area (Å²) in [5.74, 6) is -0.229. The van der Waals surface area contributed by atoms with Crippen molar-refractivity contribution < 1.29 is 14.3 Å². The molecule has 106 valence electrons. The molecule has 4 heteroatoms. The molecule has 1 heterocycles. The lowest BCUT2D eigenvalue weighted by Gasteiger charge is -2.23. The minimum atomic E-state index is -0.996. The van der Waals surface area contributed by atoms with Crippen LogP contribution in [0.4, 0.5) is 0 Å². The predicted molar refractivity (Wildman–Crippen MR) is 73.2 cm³/mol. The highest BCUT2D eigenvalue weighted by molar-refractivity contribution is 5.86. The van der Waals surface area contributed by atoms with Crippen molar-refractivity contribution in [1.29, 1.82) is 0 Å². The Bertz CT molecular complexity index is 405. The molecule has 0 aromatic carbocycles. The van der Waals surface area contributed by atoms with Crippen LogP contribution in [0.15, 0.2) is 16.7 Å². The highest BCUT2D eigenvalue weighted by Crippen LogP contribution is 2.25. The van der Waals surface area contributed by atoms with Crippen molar-refractivity contribution >= 4 is 5.97 Å². The second-order valence-electron chi connectivity index (χ2n) is 5.50. The van der Waals surface area contributed by atoms with E-state index in [0.717, 1.165) is 5.56 Å².